The molecule has 0 spiro atoms. The van der Waals surface area contributed by atoms with Gasteiger partial charge in [0.05, 0.1) is 13.2 Å². The maximum absolute atomic E-state index is 11.4. The average Bonchev–Trinajstić information content (AvgIpc) is 2.74. The molecule has 1 rings (SSSR count). The highest BCUT2D eigenvalue weighted by Gasteiger charge is 2.17. The predicted molar refractivity (Wildman–Crippen MR) is 62.3 cm³/mol. The molecule has 0 aromatic carbocycles. The lowest BCUT2D eigenvalue weighted by Gasteiger charge is -2.10. The van der Waals surface area contributed by atoms with Crippen LogP contribution in [-0.2, 0) is 14.3 Å². The smallest absolute Gasteiger partial charge is 0.305 e. The summed E-state index contributed by atoms with van der Waals surface area (Å²) in [6, 6.07) is 0.478. The van der Waals surface area contributed by atoms with Gasteiger partial charge in [-0.2, -0.15) is 0 Å². The summed E-state index contributed by atoms with van der Waals surface area (Å²) in [6.07, 6.45) is 2.37. The molecule has 0 saturated carbocycles. The minimum absolute atomic E-state index is 0.0857. The summed E-state index contributed by atoms with van der Waals surface area (Å²) >= 11 is 0. The van der Waals surface area contributed by atoms with Crippen LogP contribution in [0.4, 0.5) is 0 Å². The van der Waals surface area contributed by atoms with Crippen LogP contribution < -0.4 is 5.32 Å². The number of hydrogen-bond acceptors (Lipinski definition) is 4. The van der Waals surface area contributed by atoms with Gasteiger partial charge in [-0.15, -0.1) is 0 Å². The summed E-state index contributed by atoms with van der Waals surface area (Å²) in [5.74, 6) is 0.329. The van der Waals surface area contributed by atoms with Gasteiger partial charge in [0.1, 0.15) is 0 Å². The van der Waals surface area contributed by atoms with E-state index in [-0.39, 0.29) is 5.97 Å². The first-order valence-electron chi connectivity index (χ1n) is 6.15. The van der Waals surface area contributed by atoms with Crippen LogP contribution in [0.15, 0.2) is 0 Å². The van der Waals surface area contributed by atoms with E-state index in [0.717, 1.165) is 32.6 Å². The van der Waals surface area contributed by atoms with Crippen LogP contribution in [0.5, 0.6) is 0 Å². The van der Waals surface area contributed by atoms with Crippen molar-refractivity contribution in [3.05, 3.63) is 0 Å². The largest absolute Gasteiger partial charge is 0.465 e. The molecule has 1 atom stereocenters. The molecule has 4 nitrogen and oxygen atoms in total. The van der Waals surface area contributed by atoms with Gasteiger partial charge >= 0.3 is 5.97 Å². The van der Waals surface area contributed by atoms with Crippen molar-refractivity contribution < 1.29 is 14.3 Å². The molecule has 1 N–H and O–H groups in total. The summed E-state index contributed by atoms with van der Waals surface area (Å²) < 4.78 is 10.4. The van der Waals surface area contributed by atoms with E-state index in [9.17, 15) is 4.79 Å². The molecule has 1 fully saturated rings. The number of carbonyl (C=O) groups is 1. The van der Waals surface area contributed by atoms with Crippen molar-refractivity contribution >= 4 is 5.97 Å². The maximum Gasteiger partial charge on any atom is 0.305 e. The Labute approximate surface area is 97.7 Å². The predicted octanol–water partition coefficient (Wildman–Crippen LogP) is 1.34. The first kappa shape index (κ1) is 13.5. The summed E-state index contributed by atoms with van der Waals surface area (Å²) in [6.45, 7) is 7.13. The van der Waals surface area contributed by atoms with Crippen molar-refractivity contribution in [2.24, 2.45) is 5.92 Å². The number of nitrogens with one attached hydrogen (secondary N) is 1. The Bertz CT molecular complexity index is 200. The zero-order valence-electron chi connectivity index (χ0n) is 10.3. The van der Waals surface area contributed by atoms with E-state index in [2.05, 4.69) is 19.2 Å². The van der Waals surface area contributed by atoms with E-state index in [1.807, 2.05) is 0 Å². The van der Waals surface area contributed by atoms with Gasteiger partial charge in [0.2, 0.25) is 0 Å². The van der Waals surface area contributed by atoms with Crippen molar-refractivity contribution in [1.29, 1.82) is 0 Å². The maximum atomic E-state index is 11.4. The topological polar surface area (TPSA) is 47.6 Å². The molecule has 0 radical (unpaired) electrons. The van der Waals surface area contributed by atoms with Crippen LogP contribution in [0.3, 0.4) is 0 Å². The molecule has 1 aliphatic rings. The van der Waals surface area contributed by atoms with Gasteiger partial charge < -0.3 is 14.8 Å². The highest BCUT2D eigenvalue weighted by Crippen LogP contribution is 2.12. The van der Waals surface area contributed by atoms with E-state index in [0.29, 0.717) is 25.0 Å². The molecule has 1 saturated heterocycles. The SMILES string of the molecule is CC(C)NCCCC(=O)OCC1CCOC1. The first-order valence-corrected chi connectivity index (χ1v) is 6.15. The molecule has 94 valence electrons. The monoisotopic (exact) mass is 229 g/mol. The Kier molecular flexibility index (Phi) is 6.42. The van der Waals surface area contributed by atoms with Gasteiger partial charge in [0.25, 0.3) is 0 Å². The van der Waals surface area contributed by atoms with Gasteiger partial charge in [0.15, 0.2) is 0 Å². The summed E-state index contributed by atoms with van der Waals surface area (Å²) in [4.78, 5) is 11.4. The Balaban J connectivity index is 1.94. The third kappa shape index (κ3) is 6.08. The zero-order valence-corrected chi connectivity index (χ0v) is 10.3. The summed E-state index contributed by atoms with van der Waals surface area (Å²) in [5.41, 5.74) is 0. The fraction of sp³-hybridized carbons (Fsp3) is 0.917. The van der Waals surface area contributed by atoms with Crippen LogP contribution in [0.2, 0.25) is 0 Å². The number of rotatable bonds is 7. The Morgan fingerprint density at radius 1 is 1.56 bits per heavy atom. The molecule has 4 heteroatoms. The van der Waals surface area contributed by atoms with Gasteiger partial charge in [-0.3, -0.25) is 4.79 Å². The fourth-order valence-electron chi connectivity index (χ4n) is 1.62. The quantitative estimate of drug-likeness (QED) is 0.529. The molecule has 0 bridgehead atoms. The number of ether oxygens (including phenoxy) is 2. The Hall–Kier alpha value is -0.610. The second-order valence-corrected chi connectivity index (χ2v) is 4.63. The van der Waals surface area contributed by atoms with E-state index < -0.39 is 0 Å². The van der Waals surface area contributed by atoms with E-state index in [1.54, 1.807) is 0 Å². The van der Waals surface area contributed by atoms with E-state index in [1.165, 1.54) is 0 Å². The van der Waals surface area contributed by atoms with Gasteiger partial charge in [-0.05, 0) is 19.4 Å². The second-order valence-electron chi connectivity index (χ2n) is 4.63. The second kappa shape index (κ2) is 7.63. The van der Waals surface area contributed by atoms with E-state index >= 15 is 0 Å². The third-order valence-electron chi connectivity index (χ3n) is 2.61. The molecule has 16 heavy (non-hydrogen) atoms. The highest BCUT2D eigenvalue weighted by atomic mass is 16.5. The molecule has 0 aromatic heterocycles. The lowest BCUT2D eigenvalue weighted by molar-refractivity contribution is -0.145. The number of hydrogen-bond donors (Lipinski definition) is 1. The number of esters is 1. The molecule has 1 aliphatic heterocycles. The number of carbonyl (C=O) groups excluding carboxylic acids is 1. The molecule has 0 aliphatic carbocycles. The van der Waals surface area contributed by atoms with Crippen molar-refractivity contribution in [3.8, 4) is 0 Å². The van der Waals surface area contributed by atoms with Crippen molar-refractivity contribution in [1.82, 2.24) is 5.32 Å². The first-order chi connectivity index (χ1) is 7.68. The highest BCUT2D eigenvalue weighted by molar-refractivity contribution is 5.69. The lowest BCUT2D eigenvalue weighted by atomic mass is 10.1. The van der Waals surface area contributed by atoms with Crippen LogP contribution in [-0.4, -0.2) is 38.4 Å². The van der Waals surface area contributed by atoms with Crippen molar-refractivity contribution in [3.63, 3.8) is 0 Å². The molecule has 1 unspecified atom stereocenters. The average molecular weight is 229 g/mol. The minimum Gasteiger partial charge on any atom is -0.465 e. The van der Waals surface area contributed by atoms with Crippen LogP contribution in [0, 0.1) is 5.92 Å². The minimum atomic E-state index is -0.0857. The Morgan fingerprint density at radius 2 is 2.38 bits per heavy atom. The third-order valence-corrected chi connectivity index (χ3v) is 2.61. The molecule has 0 aromatic rings. The molecular formula is C12H23NO3. The van der Waals surface area contributed by atoms with Crippen LogP contribution in [0.25, 0.3) is 0 Å². The summed E-state index contributed by atoms with van der Waals surface area (Å²) in [7, 11) is 0. The van der Waals surface area contributed by atoms with Gasteiger partial charge in [-0.1, -0.05) is 13.8 Å². The van der Waals surface area contributed by atoms with Crippen LogP contribution >= 0.6 is 0 Å². The molecular weight excluding hydrogens is 206 g/mol. The van der Waals surface area contributed by atoms with Crippen LogP contribution in [0.1, 0.15) is 33.1 Å². The van der Waals surface area contributed by atoms with Crippen molar-refractivity contribution in [2.45, 2.75) is 39.2 Å². The molecule has 1 heterocycles. The Morgan fingerprint density at radius 3 is 3.00 bits per heavy atom. The van der Waals surface area contributed by atoms with Crippen molar-refractivity contribution in [2.75, 3.05) is 26.4 Å². The van der Waals surface area contributed by atoms with E-state index in [4.69, 9.17) is 9.47 Å². The molecule has 0 amide bonds. The summed E-state index contributed by atoms with van der Waals surface area (Å²) in [5, 5.41) is 3.27. The standard InChI is InChI=1S/C12H23NO3/c1-10(2)13-6-3-4-12(14)16-9-11-5-7-15-8-11/h10-11,13H,3-9H2,1-2H3. The fourth-order valence-corrected chi connectivity index (χ4v) is 1.62. The zero-order chi connectivity index (χ0) is 11.8. The van der Waals surface area contributed by atoms with Gasteiger partial charge in [0, 0.05) is 25.0 Å². The van der Waals surface area contributed by atoms with Gasteiger partial charge in [-0.25, -0.2) is 0 Å². The lowest BCUT2D eigenvalue weighted by Crippen LogP contribution is -2.24. The normalized spacial score (nSPS) is 20.3.